The van der Waals surface area contributed by atoms with Gasteiger partial charge in [0.15, 0.2) is 0 Å². The molecular weight excluding hydrogens is 331 g/mol. The Kier molecular flexibility index (Phi) is 4.72. The standard InChI is InChI=1S/C12H9ClF3NOS2/c13-10-2-1-9(20-10)11(18)17(7-12(14,15)16)5-8-3-4-19-6-8/h1-4,6H,5,7H2. The van der Waals surface area contributed by atoms with E-state index < -0.39 is 18.6 Å². The number of carbonyl (C=O) groups is 1. The Morgan fingerprint density at radius 3 is 2.55 bits per heavy atom. The van der Waals surface area contributed by atoms with E-state index >= 15 is 0 Å². The molecule has 0 unspecified atom stereocenters. The van der Waals surface area contributed by atoms with Crippen LogP contribution in [0.15, 0.2) is 29.0 Å². The van der Waals surface area contributed by atoms with Crippen LogP contribution >= 0.6 is 34.3 Å². The van der Waals surface area contributed by atoms with Crippen molar-refractivity contribution in [2.75, 3.05) is 6.54 Å². The summed E-state index contributed by atoms with van der Waals surface area (Å²) in [5.41, 5.74) is 0.676. The molecule has 2 heterocycles. The molecule has 0 bridgehead atoms. The second-order valence-electron chi connectivity index (χ2n) is 4.01. The highest BCUT2D eigenvalue weighted by Gasteiger charge is 2.33. The highest BCUT2D eigenvalue weighted by atomic mass is 35.5. The number of hydrogen-bond donors (Lipinski definition) is 0. The average Bonchev–Trinajstić information content (AvgIpc) is 2.97. The van der Waals surface area contributed by atoms with Gasteiger partial charge in [0.05, 0.1) is 9.21 Å². The van der Waals surface area contributed by atoms with Crippen LogP contribution in [0, 0.1) is 0 Å². The molecule has 0 radical (unpaired) electrons. The third kappa shape index (κ3) is 4.22. The van der Waals surface area contributed by atoms with Crippen molar-refractivity contribution < 1.29 is 18.0 Å². The van der Waals surface area contributed by atoms with Gasteiger partial charge in [0, 0.05) is 6.54 Å². The third-order valence-corrected chi connectivity index (χ3v) is 4.35. The predicted molar refractivity (Wildman–Crippen MR) is 74.4 cm³/mol. The van der Waals surface area contributed by atoms with E-state index in [1.807, 2.05) is 0 Å². The monoisotopic (exact) mass is 339 g/mol. The molecule has 20 heavy (non-hydrogen) atoms. The normalized spacial score (nSPS) is 11.6. The summed E-state index contributed by atoms with van der Waals surface area (Å²) in [7, 11) is 0. The molecule has 0 aliphatic carbocycles. The summed E-state index contributed by atoms with van der Waals surface area (Å²) in [4.78, 5) is 13.1. The maximum atomic E-state index is 12.6. The number of hydrogen-bond acceptors (Lipinski definition) is 3. The topological polar surface area (TPSA) is 20.3 Å². The van der Waals surface area contributed by atoms with Crippen molar-refractivity contribution in [3.05, 3.63) is 43.7 Å². The van der Waals surface area contributed by atoms with E-state index in [1.54, 1.807) is 16.8 Å². The molecule has 0 aliphatic heterocycles. The van der Waals surface area contributed by atoms with Crippen molar-refractivity contribution in [1.29, 1.82) is 0 Å². The van der Waals surface area contributed by atoms with E-state index in [9.17, 15) is 18.0 Å². The zero-order chi connectivity index (χ0) is 14.8. The maximum Gasteiger partial charge on any atom is 0.406 e. The highest BCUT2D eigenvalue weighted by molar-refractivity contribution is 7.18. The Labute approximate surface area is 126 Å². The van der Waals surface area contributed by atoms with Gasteiger partial charge in [-0.3, -0.25) is 4.79 Å². The first-order chi connectivity index (χ1) is 9.35. The fourth-order valence-corrected chi connectivity index (χ4v) is 3.27. The Bertz CT molecular complexity index is 580. The zero-order valence-corrected chi connectivity index (χ0v) is 12.4. The van der Waals surface area contributed by atoms with Crippen LogP contribution in [-0.4, -0.2) is 23.5 Å². The SMILES string of the molecule is O=C(c1ccc(Cl)s1)N(Cc1ccsc1)CC(F)(F)F. The zero-order valence-electron chi connectivity index (χ0n) is 9.98. The van der Waals surface area contributed by atoms with Crippen LogP contribution < -0.4 is 0 Å². The summed E-state index contributed by atoms with van der Waals surface area (Å²) in [6.45, 7) is -1.35. The lowest BCUT2D eigenvalue weighted by Gasteiger charge is -2.23. The van der Waals surface area contributed by atoms with Gasteiger partial charge in [-0.1, -0.05) is 11.6 Å². The number of amides is 1. The van der Waals surface area contributed by atoms with E-state index in [0.717, 1.165) is 16.2 Å². The molecule has 108 valence electrons. The van der Waals surface area contributed by atoms with Gasteiger partial charge in [0.25, 0.3) is 5.91 Å². The molecule has 0 saturated carbocycles. The van der Waals surface area contributed by atoms with Gasteiger partial charge >= 0.3 is 6.18 Å². The molecule has 0 aliphatic rings. The first kappa shape index (κ1) is 15.3. The molecule has 0 saturated heterocycles. The summed E-state index contributed by atoms with van der Waals surface area (Å²) >= 11 is 8.06. The Hall–Kier alpha value is -1.05. The van der Waals surface area contributed by atoms with Crippen LogP contribution in [0.2, 0.25) is 4.34 Å². The molecule has 8 heteroatoms. The molecule has 0 aromatic carbocycles. The second-order valence-corrected chi connectivity index (χ2v) is 6.51. The minimum atomic E-state index is -4.44. The number of halogens is 4. The van der Waals surface area contributed by atoms with E-state index in [1.165, 1.54) is 23.5 Å². The van der Waals surface area contributed by atoms with E-state index in [4.69, 9.17) is 11.6 Å². The molecule has 2 rings (SSSR count). The molecule has 2 aromatic rings. The minimum absolute atomic E-state index is 0.0721. The molecule has 0 fully saturated rings. The van der Waals surface area contributed by atoms with Gasteiger partial charge in [-0.25, -0.2) is 0 Å². The third-order valence-electron chi connectivity index (χ3n) is 2.39. The van der Waals surface area contributed by atoms with Crippen LogP contribution in [0.25, 0.3) is 0 Å². The molecule has 2 aromatic heterocycles. The predicted octanol–water partition coefficient (Wildman–Crippen LogP) is 4.67. The smallest absolute Gasteiger partial charge is 0.324 e. The first-order valence-corrected chi connectivity index (χ1v) is 7.61. The largest absolute Gasteiger partial charge is 0.406 e. The number of alkyl halides is 3. The van der Waals surface area contributed by atoms with Gasteiger partial charge in [-0.15, -0.1) is 11.3 Å². The van der Waals surface area contributed by atoms with Crippen LogP contribution in [0.3, 0.4) is 0 Å². The molecule has 0 atom stereocenters. The van der Waals surface area contributed by atoms with Crippen LogP contribution in [0.4, 0.5) is 13.2 Å². The maximum absolute atomic E-state index is 12.6. The summed E-state index contributed by atoms with van der Waals surface area (Å²) in [6, 6.07) is 4.63. The molecule has 0 spiro atoms. The highest BCUT2D eigenvalue weighted by Crippen LogP contribution is 2.26. The molecule has 0 N–H and O–H groups in total. The Morgan fingerprint density at radius 2 is 2.05 bits per heavy atom. The quantitative estimate of drug-likeness (QED) is 0.792. The fraction of sp³-hybridized carbons (Fsp3) is 0.250. The van der Waals surface area contributed by atoms with Crippen molar-refractivity contribution in [2.45, 2.75) is 12.7 Å². The van der Waals surface area contributed by atoms with E-state index in [0.29, 0.717) is 9.90 Å². The first-order valence-electron chi connectivity index (χ1n) is 5.47. The van der Waals surface area contributed by atoms with Crippen LogP contribution in [0.5, 0.6) is 0 Å². The lowest BCUT2D eigenvalue weighted by Crippen LogP contribution is -2.38. The molecular formula is C12H9ClF3NOS2. The summed E-state index contributed by atoms with van der Waals surface area (Å²) in [6.07, 6.45) is -4.44. The van der Waals surface area contributed by atoms with Crippen molar-refractivity contribution >= 4 is 40.2 Å². The van der Waals surface area contributed by atoms with Gasteiger partial charge in [0.2, 0.25) is 0 Å². The average molecular weight is 340 g/mol. The minimum Gasteiger partial charge on any atom is -0.324 e. The Morgan fingerprint density at radius 1 is 1.30 bits per heavy atom. The fourth-order valence-electron chi connectivity index (χ4n) is 1.60. The summed E-state index contributed by atoms with van der Waals surface area (Å²) in [5, 5.41) is 3.48. The van der Waals surface area contributed by atoms with Crippen LogP contribution in [-0.2, 0) is 6.54 Å². The lowest BCUT2D eigenvalue weighted by atomic mass is 10.3. The van der Waals surface area contributed by atoms with Gasteiger partial charge in [-0.2, -0.15) is 24.5 Å². The van der Waals surface area contributed by atoms with Gasteiger partial charge in [0.1, 0.15) is 6.54 Å². The molecule has 2 nitrogen and oxygen atoms in total. The lowest BCUT2D eigenvalue weighted by molar-refractivity contribution is -0.141. The number of nitrogens with zero attached hydrogens (tertiary/aromatic N) is 1. The van der Waals surface area contributed by atoms with Crippen LogP contribution in [0.1, 0.15) is 15.2 Å². The van der Waals surface area contributed by atoms with Crippen molar-refractivity contribution in [3.63, 3.8) is 0 Å². The summed E-state index contributed by atoms with van der Waals surface area (Å²) < 4.78 is 38.2. The van der Waals surface area contributed by atoms with Crippen molar-refractivity contribution in [3.8, 4) is 0 Å². The van der Waals surface area contributed by atoms with Crippen molar-refractivity contribution in [2.24, 2.45) is 0 Å². The van der Waals surface area contributed by atoms with E-state index in [2.05, 4.69) is 0 Å². The Balaban J connectivity index is 2.19. The summed E-state index contributed by atoms with van der Waals surface area (Å²) in [5.74, 6) is -0.662. The number of carbonyl (C=O) groups excluding carboxylic acids is 1. The number of thiophene rings is 2. The van der Waals surface area contributed by atoms with Gasteiger partial charge < -0.3 is 4.90 Å². The van der Waals surface area contributed by atoms with E-state index in [-0.39, 0.29) is 11.4 Å². The van der Waals surface area contributed by atoms with Gasteiger partial charge in [-0.05, 0) is 34.5 Å². The molecule has 1 amide bonds. The number of rotatable bonds is 4. The second kappa shape index (κ2) is 6.15. The van der Waals surface area contributed by atoms with Crippen molar-refractivity contribution in [1.82, 2.24) is 4.90 Å².